The molecule has 2 atom stereocenters. The van der Waals surface area contributed by atoms with Crippen LogP contribution in [-0.2, 0) is 55.9 Å². The van der Waals surface area contributed by atoms with Crippen molar-refractivity contribution in [3.8, 4) is 11.5 Å². The van der Waals surface area contributed by atoms with Crippen LogP contribution in [0.2, 0.25) is 0 Å². The number of nitrogens with one attached hydrogen (secondary N) is 1. The summed E-state index contributed by atoms with van der Waals surface area (Å²) in [5.41, 5.74) is 4.93. The molecule has 5 aromatic rings. The maximum atomic E-state index is 13.1. The van der Waals surface area contributed by atoms with E-state index in [2.05, 4.69) is 5.43 Å². The lowest BCUT2D eigenvalue weighted by molar-refractivity contribution is -0.153. The number of benzene rings is 5. The number of aliphatic carboxylic acids is 1. The number of carboxylic acids is 1. The van der Waals surface area contributed by atoms with Crippen molar-refractivity contribution in [3.05, 3.63) is 167 Å². The Labute approximate surface area is 309 Å². The fourth-order valence-electron chi connectivity index (χ4n) is 5.27. The van der Waals surface area contributed by atoms with Gasteiger partial charge in [-0.2, -0.15) is 5.01 Å². The number of amides is 1. The zero-order chi connectivity index (χ0) is 37.5. The molecule has 1 amide bonds. The summed E-state index contributed by atoms with van der Waals surface area (Å²) in [6.45, 7) is 2.90. The third kappa shape index (κ3) is 12.1. The van der Waals surface area contributed by atoms with E-state index in [1.54, 1.807) is 18.2 Å². The summed E-state index contributed by atoms with van der Waals surface area (Å²) < 4.78 is 41.6. The SMILES string of the molecule is C[C@](Cc1ccc(OCOP(C)(=O)OCc2ccccc2)c(OCc2ccccc2)c1)(C(=O)O)N(Cc1ccccc1)NC(=O)OCc1ccccc1. The van der Waals surface area contributed by atoms with E-state index in [1.165, 1.54) is 18.6 Å². The lowest BCUT2D eigenvalue weighted by Crippen LogP contribution is -2.60. The second kappa shape index (κ2) is 18.9. The van der Waals surface area contributed by atoms with Crippen molar-refractivity contribution in [2.45, 2.75) is 45.2 Å². The van der Waals surface area contributed by atoms with Gasteiger partial charge < -0.3 is 23.8 Å². The molecule has 53 heavy (non-hydrogen) atoms. The Hall–Kier alpha value is -5.45. The molecular formula is C41H43N2O9P. The number of nitrogens with zero attached hydrogens (tertiary/aromatic N) is 1. The maximum Gasteiger partial charge on any atom is 0.422 e. The van der Waals surface area contributed by atoms with Gasteiger partial charge in [-0.3, -0.25) is 19.3 Å². The molecule has 0 radical (unpaired) electrons. The molecule has 0 aromatic heterocycles. The van der Waals surface area contributed by atoms with Gasteiger partial charge >= 0.3 is 19.7 Å². The van der Waals surface area contributed by atoms with E-state index in [4.69, 9.17) is 23.3 Å². The largest absolute Gasteiger partial charge is 0.485 e. The first kappa shape index (κ1) is 38.8. The van der Waals surface area contributed by atoms with Gasteiger partial charge in [-0.15, -0.1) is 0 Å². The van der Waals surface area contributed by atoms with Crippen molar-refractivity contribution >= 4 is 19.7 Å². The molecule has 0 saturated heterocycles. The first-order chi connectivity index (χ1) is 25.6. The van der Waals surface area contributed by atoms with Crippen molar-refractivity contribution in [3.63, 3.8) is 0 Å². The molecule has 1 unspecified atom stereocenters. The summed E-state index contributed by atoms with van der Waals surface area (Å²) in [4.78, 5) is 26.2. The van der Waals surface area contributed by atoms with Crippen molar-refractivity contribution < 1.29 is 42.5 Å². The number of hydrazine groups is 1. The fraction of sp³-hybridized carbons (Fsp3) is 0.220. The van der Waals surface area contributed by atoms with E-state index in [0.29, 0.717) is 11.3 Å². The summed E-state index contributed by atoms with van der Waals surface area (Å²) in [6, 6.07) is 42.3. The van der Waals surface area contributed by atoms with Crippen LogP contribution in [0.1, 0.15) is 34.7 Å². The maximum absolute atomic E-state index is 13.1. The average Bonchev–Trinajstić information content (AvgIpc) is 3.17. The van der Waals surface area contributed by atoms with E-state index in [0.717, 1.165) is 22.3 Å². The zero-order valence-corrected chi connectivity index (χ0v) is 30.5. The van der Waals surface area contributed by atoms with Crippen LogP contribution in [0, 0.1) is 0 Å². The van der Waals surface area contributed by atoms with Crippen LogP contribution in [-0.4, -0.2) is 41.2 Å². The highest BCUT2D eigenvalue weighted by atomic mass is 31.2. The van der Waals surface area contributed by atoms with Crippen LogP contribution in [0.15, 0.2) is 140 Å². The fourth-order valence-corrected chi connectivity index (χ4v) is 5.97. The first-order valence-corrected chi connectivity index (χ1v) is 18.9. The summed E-state index contributed by atoms with van der Waals surface area (Å²) in [5.74, 6) is -0.580. The number of hydrogen-bond donors (Lipinski definition) is 2. The molecule has 0 bridgehead atoms. The molecule has 0 spiro atoms. The number of carbonyl (C=O) groups is 2. The molecule has 276 valence electrons. The van der Waals surface area contributed by atoms with Crippen molar-refractivity contribution in [2.24, 2.45) is 0 Å². The highest BCUT2D eigenvalue weighted by Gasteiger charge is 2.41. The van der Waals surface area contributed by atoms with Crippen LogP contribution in [0.25, 0.3) is 0 Å². The summed E-state index contributed by atoms with van der Waals surface area (Å²) in [7, 11) is -3.48. The second-order valence-electron chi connectivity index (χ2n) is 12.5. The predicted octanol–water partition coefficient (Wildman–Crippen LogP) is 8.39. The standard InChI is InChI=1S/C41H43N2O9P/c1-41(39(44)45,43(27-32-15-7-3-8-16-32)42-40(46)49-29-34-19-11-5-12-20-34)26-36-23-24-37(38(25-36)48-28-33-17-9-4-10-18-33)50-31-52-53(2,47)51-30-35-21-13-6-14-22-35/h3-25H,26-31H2,1-2H3,(H,42,46)(H,44,45)/t41-,53?/m0/s1. The molecule has 11 nitrogen and oxygen atoms in total. The van der Waals surface area contributed by atoms with Gasteiger partial charge in [-0.25, -0.2) is 4.79 Å². The van der Waals surface area contributed by atoms with Crippen molar-refractivity contribution in [1.82, 2.24) is 10.4 Å². The molecule has 12 heteroatoms. The van der Waals surface area contributed by atoms with Gasteiger partial charge in [0.05, 0.1) is 6.61 Å². The van der Waals surface area contributed by atoms with E-state index >= 15 is 0 Å². The summed E-state index contributed by atoms with van der Waals surface area (Å²) >= 11 is 0. The lowest BCUT2D eigenvalue weighted by Gasteiger charge is -2.37. The van der Waals surface area contributed by atoms with Crippen LogP contribution < -0.4 is 14.9 Å². The second-order valence-corrected chi connectivity index (χ2v) is 14.5. The van der Waals surface area contributed by atoms with E-state index in [9.17, 15) is 19.3 Å². The Bertz CT molecular complexity index is 1950. The number of carboxylic acid groups (broad SMARTS) is 1. The summed E-state index contributed by atoms with van der Waals surface area (Å²) in [5, 5.41) is 12.1. The summed E-state index contributed by atoms with van der Waals surface area (Å²) in [6.07, 6.45) is -0.849. The topological polar surface area (TPSA) is 133 Å². The highest BCUT2D eigenvalue weighted by Crippen LogP contribution is 2.45. The van der Waals surface area contributed by atoms with E-state index < -0.39 is 32.0 Å². The molecule has 0 aliphatic rings. The van der Waals surface area contributed by atoms with Gasteiger partial charge in [0.15, 0.2) is 18.3 Å². The van der Waals surface area contributed by atoms with Crippen LogP contribution >= 0.6 is 7.60 Å². The highest BCUT2D eigenvalue weighted by molar-refractivity contribution is 7.52. The molecular weight excluding hydrogens is 695 g/mol. The number of ether oxygens (including phenoxy) is 3. The molecule has 2 N–H and O–H groups in total. The van der Waals surface area contributed by atoms with Gasteiger partial charge in [0, 0.05) is 19.6 Å². The van der Waals surface area contributed by atoms with Crippen LogP contribution in [0.5, 0.6) is 11.5 Å². The molecule has 0 aliphatic heterocycles. The minimum atomic E-state index is -3.48. The minimum absolute atomic E-state index is 0.00949. The molecule has 5 rings (SSSR count). The Morgan fingerprint density at radius 2 is 1.19 bits per heavy atom. The Morgan fingerprint density at radius 1 is 0.660 bits per heavy atom. The van der Waals surface area contributed by atoms with Gasteiger partial charge in [0.25, 0.3) is 0 Å². The molecule has 5 aromatic carbocycles. The number of carbonyl (C=O) groups excluding carboxylic acids is 1. The zero-order valence-electron chi connectivity index (χ0n) is 29.6. The quantitative estimate of drug-likeness (QED) is 0.0484. The predicted molar refractivity (Wildman–Crippen MR) is 200 cm³/mol. The number of rotatable bonds is 19. The lowest BCUT2D eigenvalue weighted by atomic mass is 9.91. The van der Waals surface area contributed by atoms with Crippen molar-refractivity contribution in [1.29, 1.82) is 0 Å². The Kier molecular flexibility index (Phi) is 13.8. The van der Waals surface area contributed by atoms with Crippen LogP contribution in [0.4, 0.5) is 4.79 Å². The third-order valence-corrected chi connectivity index (χ3v) is 9.46. The van der Waals surface area contributed by atoms with E-state index in [1.807, 2.05) is 121 Å². The Balaban J connectivity index is 1.34. The molecule has 0 fully saturated rings. The van der Waals surface area contributed by atoms with Gasteiger partial charge in [0.1, 0.15) is 18.8 Å². The number of hydrogen-bond acceptors (Lipinski definition) is 9. The van der Waals surface area contributed by atoms with Crippen LogP contribution in [0.3, 0.4) is 0 Å². The molecule has 0 aliphatic carbocycles. The first-order valence-electron chi connectivity index (χ1n) is 16.9. The monoisotopic (exact) mass is 738 g/mol. The Morgan fingerprint density at radius 3 is 1.75 bits per heavy atom. The molecule has 0 saturated carbocycles. The van der Waals surface area contributed by atoms with Gasteiger partial charge in [-0.05, 0) is 46.9 Å². The van der Waals surface area contributed by atoms with E-state index in [-0.39, 0.29) is 38.5 Å². The van der Waals surface area contributed by atoms with Gasteiger partial charge in [0.2, 0.25) is 0 Å². The minimum Gasteiger partial charge on any atom is -0.485 e. The van der Waals surface area contributed by atoms with Crippen molar-refractivity contribution in [2.75, 3.05) is 13.5 Å². The third-order valence-electron chi connectivity index (χ3n) is 8.28. The van der Waals surface area contributed by atoms with Gasteiger partial charge in [-0.1, -0.05) is 127 Å². The molecule has 0 heterocycles. The normalized spacial score (nSPS) is 13.3. The smallest absolute Gasteiger partial charge is 0.422 e. The average molecular weight is 739 g/mol.